The van der Waals surface area contributed by atoms with E-state index in [1.165, 1.54) is 5.56 Å². The van der Waals surface area contributed by atoms with Crippen LogP contribution in [0.4, 0.5) is 0 Å². The van der Waals surface area contributed by atoms with Crippen LogP contribution in [0.25, 0.3) is 6.08 Å². The van der Waals surface area contributed by atoms with Gasteiger partial charge in [0.2, 0.25) is 0 Å². The molecule has 1 nitrogen and oxygen atoms in total. The Bertz CT molecular complexity index is 673. The van der Waals surface area contributed by atoms with Gasteiger partial charge in [0.1, 0.15) is 0 Å². The summed E-state index contributed by atoms with van der Waals surface area (Å²) in [5, 5.41) is 8.52. The van der Waals surface area contributed by atoms with Gasteiger partial charge in [-0.2, -0.15) is 0 Å². The molecule has 1 aliphatic carbocycles. The minimum Gasteiger partial charge on any atom is -0.304 e. The topological polar surface area (TPSA) is 23.9 Å². The summed E-state index contributed by atoms with van der Waals surface area (Å²) >= 11 is 5.54. The zero-order valence-electron chi connectivity index (χ0n) is 12.6. The first-order valence-electron chi connectivity index (χ1n) is 7.13. The molecule has 2 aromatic carbocycles. The lowest BCUT2D eigenvalue weighted by molar-refractivity contribution is 1.12. The third kappa shape index (κ3) is 7.14. The van der Waals surface area contributed by atoms with Crippen molar-refractivity contribution in [1.29, 1.82) is 5.41 Å². The highest BCUT2D eigenvalue weighted by Crippen LogP contribution is 2.12. The maximum absolute atomic E-state index is 7.72. The second kappa shape index (κ2) is 10.6. The van der Waals surface area contributed by atoms with Crippen LogP contribution in [0.3, 0.4) is 0 Å². The molecule has 1 N–H and O–H groups in total. The monoisotopic (exact) mass is 343 g/mol. The van der Waals surface area contributed by atoms with Gasteiger partial charge in [-0.05, 0) is 23.8 Å². The predicted octanol–water partition coefficient (Wildman–Crippen LogP) is 6.22. The molecule has 0 bridgehead atoms. The lowest BCUT2D eigenvalue weighted by atomic mass is 9.97. The van der Waals surface area contributed by atoms with Crippen molar-refractivity contribution in [2.24, 2.45) is 5.92 Å². The molecule has 0 fully saturated rings. The van der Waals surface area contributed by atoms with Crippen LogP contribution in [0.5, 0.6) is 0 Å². The molecule has 0 aromatic heterocycles. The van der Waals surface area contributed by atoms with E-state index < -0.39 is 0 Å². The number of nitrogens with one attached hydrogen (secondary N) is 1. The van der Waals surface area contributed by atoms with E-state index >= 15 is 0 Å². The maximum Gasteiger partial charge on any atom is 0.0420 e. The number of rotatable bonds is 2. The highest BCUT2D eigenvalue weighted by atomic mass is 35.5. The molecule has 1 aliphatic rings. The molecule has 118 valence electrons. The lowest BCUT2D eigenvalue weighted by Crippen LogP contribution is -2.07. The van der Waals surface area contributed by atoms with Crippen LogP contribution in [0.1, 0.15) is 5.56 Å². The third-order valence-electron chi connectivity index (χ3n) is 3.09. The number of hydrogen-bond acceptors (Lipinski definition) is 1. The van der Waals surface area contributed by atoms with Crippen molar-refractivity contribution in [1.82, 2.24) is 0 Å². The molecule has 0 amide bonds. The minimum atomic E-state index is 0. The quantitative estimate of drug-likeness (QED) is 0.668. The van der Waals surface area contributed by atoms with E-state index in [4.69, 9.17) is 17.0 Å². The highest BCUT2D eigenvalue weighted by molar-refractivity contribution is 6.30. The van der Waals surface area contributed by atoms with Crippen LogP contribution >= 0.6 is 24.0 Å². The molecule has 3 heteroatoms. The average Bonchev–Trinajstić information content (AvgIpc) is 2.56. The molecule has 0 saturated heterocycles. The van der Waals surface area contributed by atoms with Crippen LogP contribution in [-0.2, 0) is 0 Å². The summed E-state index contributed by atoms with van der Waals surface area (Å²) in [5.41, 5.74) is 1.82. The zero-order chi connectivity index (χ0) is 15.6. The van der Waals surface area contributed by atoms with Gasteiger partial charge in [0.05, 0.1) is 0 Å². The van der Waals surface area contributed by atoms with E-state index in [1.54, 1.807) is 0 Å². The Balaban J connectivity index is 0.000000280. The van der Waals surface area contributed by atoms with Crippen molar-refractivity contribution < 1.29 is 0 Å². The summed E-state index contributed by atoms with van der Waals surface area (Å²) in [7, 11) is 0. The molecule has 3 rings (SSSR count). The van der Waals surface area contributed by atoms with E-state index in [2.05, 4.69) is 24.3 Å². The van der Waals surface area contributed by atoms with Crippen molar-refractivity contribution in [3.8, 4) is 0 Å². The van der Waals surface area contributed by atoms with Crippen LogP contribution < -0.4 is 0 Å². The standard InChI is InChI=1S/C14H13N.C6H5Cl.ClH/c15-14-9-5-4-8-13(14)11-10-12-6-2-1-3-7-12;7-6-4-2-1-3-5-6;/h1-11,13,15H;1-5H;1H. The van der Waals surface area contributed by atoms with Gasteiger partial charge in [0.25, 0.3) is 0 Å². The van der Waals surface area contributed by atoms with Crippen molar-refractivity contribution in [2.75, 3.05) is 0 Å². The van der Waals surface area contributed by atoms with E-state index in [0.29, 0.717) is 5.71 Å². The van der Waals surface area contributed by atoms with Gasteiger partial charge >= 0.3 is 0 Å². The molecule has 23 heavy (non-hydrogen) atoms. The first kappa shape index (κ1) is 19.0. The highest BCUT2D eigenvalue weighted by Gasteiger charge is 2.06. The van der Waals surface area contributed by atoms with Gasteiger partial charge in [-0.1, -0.05) is 90.5 Å². The fraction of sp³-hybridized carbons (Fsp3) is 0.0500. The van der Waals surface area contributed by atoms with Gasteiger partial charge in [0.15, 0.2) is 0 Å². The van der Waals surface area contributed by atoms with Crippen molar-refractivity contribution in [2.45, 2.75) is 0 Å². The van der Waals surface area contributed by atoms with Crippen molar-refractivity contribution in [3.63, 3.8) is 0 Å². The first-order valence-corrected chi connectivity index (χ1v) is 7.50. The summed E-state index contributed by atoms with van der Waals surface area (Å²) < 4.78 is 0. The predicted molar refractivity (Wildman–Crippen MR) is 104 cm³/mol. The average molecular weight is 344 g/mol. The Hall–Kier alpha value is -2.09. The fourth-order valence-corrected chi connectivity index (χ4v) is 2.06. The molecular formula is C20H19Cl2N. The molecule has 1 unspecified atom stereocenters. The number of hydrogen-bond donors (Lipinski definition) is 1. The Morgan fingerprint density at radius 1 is 0.870 bits per heavy atom. The Labute approximate surface area is 148 Å². The van der Waals surface area contributed by atoms with Gasteiger partial charge in [0, 0.05) is 16.7 Å². The van der Waals surface area contributed by atoms with E-state index in [9.17, 15) is 0 Å². The van der Waals surface area contributed by atoms with E-state index in [0.717, 1.165) is 5.02 Å². The van der Waals surface area contributed by atoms with Crippen molar-refractivity contribution in [3.05, 3.63) is 102 Å². The van der Waals surface area contributed by atoms with Crippen LogP contribution in [0.15, 0.2) is 91.0 Å². The Morgan fingerprint density at radius 3 is 2.00 bits per heavy atom. The normalized spacial score (nSPS) is 15.7. The van der Waals surface area contributed by atoms with Gasteiger partial charge < -0.3 is 5.41 Å². The van der Waals surface area contributed by atoms with E-state index in [1.807, 2.05) is 72.8 Å². The molecule has 0 spiro atoms. The summed E-state index contributed by atoms with van der Waals surface area (Å²) in [5.74, 6) is 0.121. The maximum atomic E-state index is 7.72. The zero-order valence-corrected chi connectivity index (χ0v) is 14.2. The molecule has 0 radical (unpaired) electrons. The third-order valence-corrected chi connectivity index (χ3v) is 3.35. The fourth-order valence-electron chi connectivity index (χ4n) is 1.92. The van der Waals surface area contributed by atoms with Crippen LogP contribution in [-0.4, -0.2) is 5.71 Å². The Kier molecular flexibility index (Phi) is 8.74. The summed E-state index contributed by atoms with van der Waals surface area (Å²) in [4.78, 5) is 0. The second-order valence-electron chi connectivity index (χ2n) is 4.79. The summed E-state index contributed by atoms with van der Waals surface area (Å²) in [6, 6.07) is 19.6. The molecule has 0 heterocycles. The van der Waals surface area contributed by atoms with Gasteiger partial charge in [-0.3, -0.25) is 0 Å². The smallest absolute Gasteiger partial charge is 0.0420 e. The molecular weight excluding hydrogens is 325 g/mol. The second-order valence-corrected chi connectivity index (χ2v) is 5.23. The summed E-state index contributed by atoms with van der Waals surface area (Å²) in [6.45, 7) is 0. The SMILES string of the molecule is Cl.Clc1ccccc1.N=C1C=CC=CC1C=Cc1ccccc1. The van der Waals surface area contributed by atoms with Crippen LogP contribution in [0, 0.1) is 11.3 Å². The first-order chi connectivity index (χ1) is 10.8. The number of halogens is 2. The molecule has 2 aromatic rings. The number of allylic oxidation sites excluding steroid dienone is 5. The van der Waals surface area contributed by atoms with E-state index in [-0.39, 0.29) is 18.3 Å². The van der Waals surface area contributed by atoms with Gasteiger partial charge in [-0.15, -0.1) is 12.4 Å². The lowest BCUT2D eigenvalue weighted by Gasteiger charge is -2.08. The van der Waals surface area contributed by atoms with Crippen molar-refractivity contribution >= 4 is 35.8 Å². The molecule has 0 aliphatic heterocycles. The molecule has 0 saturated carbocycles. The molecule has 1 atom stereocenters. The van der Waals surface area contributed by atoms with Gasteiger partial charge in [-0.25, -0.2) is 0 Å². The number of benzene rings is 2. The van der Waals surface area contributed by atoms with Crippen LogP contribution in [0.2, 0.25) is 5.02 Å². The largest absolute Gasteiger partial charge is 0.304 e. The minimum absolute atomic E-state index is 0. The summed E-state index contributed by atoms with van der Waals surface area (Å²) in [6.07, 6.45) is 11.9. The Morgan fingerprint density at radius 2 is 1.48 bits per heavy atom.